The third-order valence-corrected chi connectivity index (χ3v) is 6.36. The molecule has 5 nitrogen and oxygen atoms in total. The third-order valence-electron chi connectivity index (χ3n) is 6.36. The molecule has 4 heterocycles. The fourth-order valence-corrected chi connectivity index (χ4v) is 4.63. The Morgan fingerprint density at radius 2 is 1.63 bits per heavy atom. The average Bonchev–Trinajstić information content (AvgIpc) is 3.05. The molecule has 1 aromatic carbocycles. The highest BCUT2D eigenvalue weighted by molar-refractivity contribution is 5.49. The highest BCUT2D eigenvalue weighted by atomic mass is 16.9. The lowest BCUT2D eigenvalue weighted by atomic mass is 9.91. The quantitative estimate of drug-likeness (QED) is 0.707. The summed E-state index contributed by atoms with van der Waals surface area (Å²) in [6.45, 7) is 4.33. The van der Waals surface area contributed by atoms with Crippen molar-refractivity contribution in [2.24, 2.45) is 5.41 Å². The molecule has 0 radical (unpaired) electrons. The summed E-state index contributed by atoms with van der Waals surface area (Å²) in [5.74, 6) is 0.679. The maximum atomic E-state index is 6.38. The predicted molar refractivity (Wildman–Crippen MR) is 99.8 cm³/mol. The van der Waals surface area contributed by atoms with E-state index in [2.05, 4.69) is 19.1 Å². The number of ether oxygens (including phenoxy) is 5. The van der Waals surface area contributed by atoms with Crippen LogP contribution in [0.3, 0.4) is 0 Å². The van der Waals surface area contributed by atoms with Gasteiger partial charge in [0.1, 0.15) is 0 Å². The van der Waals surface area contributed by atoms with Crippen LogP contribution >= 0.6 is 0 Å². The summed E-state index contributed by atoms with van der Waals surface area (Å²) in [6, 6.07) is 6.28. The van der Waals surface area contributed by atoms with Crippen molar-refractivity contribution in [3.63, 3.8) is 0 Å². The first-order chi connectivity index (χ1) is 13.1. The zero-order valence-corrected chi connectivity index (χ0v) is 16.3. The van der Waals surface area contributed by atoms with E-state index in [1.807, 2.05) is 6.07 Å². The summed E-state index contributed by atoms with van der Waals surface area (Å²) in [7, 11) is 0. The lowest BCUT2D eigenvalue weighted by Crippen LogP contribution is -2.58. The zero-order chi connectivity index (χ0) is 18.4. The molecule has 0 unspecified atom stereocenters. The number of para-hydroxylation sites is 1. The third kappa shape index (κ3) is 3.34. The van der Waals surface area contributed by atoms with E-state index in [1.54, 1.807) is 0 Å². The van der Waals surface area contributed by atoms with Gasteiger partial charge >= 0.3 is 0 Å². The van der Waals surface area contributed by atoms with Gasteiger partial charge in [-0.1, -0.05) is 25.5 Å². The van der Waals surface area contributed by atoms with E-state index >= 15 is 0 Å². The van der Waals surface area contributed by atoms with E-state index in [0.717, 1.165) is 69.8 Å². The van der Waals surface area contributed by atoms with Crippen molar-refractivity contribution < 1.29 is 23.7 Å². The van der Waals surface area contributed by atoms with Gasteiger partial charge in [-0.05, 0) is 43.7 Å². The van der Waals surface area contributed by atoms with Gasteiger partial charge in [-0.3, -0.25) is 0 Å². The molecule has 5 heteroatoms. The van der Waals surface area contributed by atoms with Crippen LogP contribution in [0.25, 0.3) is 0 Å². The zero-order valence-electron chi connectivity index (χ0n) is 16.3. The van der Waals surface area contributed by atoms with Gasteiger partial charge in [-0.25, -0.2) is 0 Å². The molecule has 0 N–H and O–H groups in total. The van der Waals surface area contributed by atoms with Crippen LogP contribution < -0.4 is 9.47 Å². The van der Waals surface area contributed by atoms with Crippen LogP contribution in [0.15, 0.2) is 18.2 Å². The Balaban J connectivity index is 1.17. The van der Waals surface area contributed by atoms with Crippen LogP contribution in [-0.2, 0) is 20.6 Å². The van der Waals surface area contributed by atoms with Crippen molar-refractivity contribution in [1.29, 1.82) is 0 Å². The Morgan fingerprint density at radius 3 is 2.37 bits per heavy atom. The topological polar surface area (TPSA) is 46.2 Å². The van der Waals surface area contributed by atoms with Crippen LogP contribution in [0.4, 0.5) is 0 Å². The smallest absolute Gasteiger partial charge is 0.282 e. The Morgan fingerprint density at radius 1 is 0.889 bits per heavy atom. The summed E-state index contributed by atoms with van der Waals surface area (Å²) >= 11 is 0. The number of benzene rings is 1. The highest BCUT2D eigenvalue weighted by Crippen LogP contribution is 2.47. The Labute approximate surface area is 161 Å². The maximum absolute atomic E-state index is 6.38. The fraction of sp³-hybridized carbons (Fsp3) is 0.727. The minimum absolute atomic E-state index is 0.0265. The van der Waals surface area contributed by atoms with E-state index in [0.29, 0.717) is 0 Å². The molecule has 1 spiro atoms. The minimum Gasteiger partial charge on any atom is -0.448 e. The van der Waals surface area contributed by atoms with Gasteiger partial charge in [0.05, 0.1) is 19.8 Å². The summed E-state index contributed by atoms with van der Waals surface area (Å²) in [6.07, 6.45) is 9.42. The van der Waals surface area contributed by atoms with Crippen molar-refractivity contribution in [2.75, 3.05) is 19.8 Å². The Bertz CT molecular complexity index is 669. The molecule has 0 amide bonds. The summed E-state index contributed by atoms with van der Waals surface area (Å²) in [4.78, 5) is 0. The first kappa shape index (κ1) is 17.8. The molecule has 148 valence electrons. The molecular weight excluding hydrogens is 344 g/mol. The summed E-state index contributed by atoms with van der Waals surface area (Å²) in [5, 5.41) is 0. The van der Waals surface area contributed by atoms with Gasteiger partial charge in [0.2, 0.25) is 0 Å². The lowest BCUT2D eigenvalue weighted by molar-refractivity contribution is -0.467. The Hall–Kier alpha value is -1.30. The van der Waals surface area contributed by atoms with Crippen LogP contribution in [0.2, 0.25) is 0 Å². The van der Waals surface area contributed by atoms with E-state index in [1.165, 1.54) is 24.8 Å². The molecule has 0 atom stereocenters. The fourth-order valence-electron chi connectivity index (χ4n) is 4.63. The number of hydrogen-bond acceptors (Lipinski definition) is 5. The molecule has 3 saturated heterocycles. The number of aryl methyl sites for hydroxylation is 1. The average molecular weight is 374 g/mol. The molecule has 4 aliphatic heterocycles. The molecule has 0 aromatic heterocycles. The van der Waals surface area contributed by atoms with Crippen molar-refractivity contribution in [3.05, 3.63) is 23.8 Å². The van der Waals surface area contributed by atoms with Crippen LogP contribution in [0, 0.1) is 5.41 Å². The molecular formula is C22H30O5. The van der Waals surface area contributed by atoms with Gasteiger partial charge in [0.25, 0.3) is 11.8 Å². The van der Waals surface area contributed by atoms with Gasteiger partial charge in [-0.15, -0.1) is 0 Å². The van der Waals surface area contributed by atoms with Gasteiger partial charge in [0.15, 0.2) is 11.5 Å². The number of hydrogen-bond donors (Lipinski definition) is 0. The lowest BCUT2D eigenvalue weighted by Gasteiger charge is -2.50. The van der Waals surface area contributed by atoms with Crippen molar-refractivity contribution >= 4 is 0 Å². The van der Waals surface area contributed by atoms with Crippen LogP contribution in [0.1, 0.15) is 63.9 Å². The normalized spacial score (nSPS) is 33.5. The van der Waals surface area contributed by atoms with E-state index < -0.39 is 11.8 Å². The van der Waals surface area contributed by atoms with Crippen molar-refractivity contribution in [3.8, 4) is 11.5 Å². The first-order valence-corrected chi connectivity index (χ1v) is 10.5. The first-order valence-electron chi connectivity index (χ1n) is 10.5. The number of rotatable bonds is 5. The summed E-state index contributed by atoms with van der Waals surface area (Å²) < 4.78 is 30.3. The Kier molecular flexibility index (Phi) is 4.37. The van der Waals surface area contributed by atoms with Gasteiger partial charge in [-0.2, -0.15) is 0 Å². The molecule has 5 aliphatic rings. The predicted octanol–water partition coefficient (Wildman–Crippen LogP) is 4.57. The maximum Gasteiger partial charge on any atom is 0.282 e. The number of unbranched alkanes of at least 4 members (excludes halogenated alkanes) is 1. The largest absolute Gasteiger partial charge is 0.448 e. The molecule has 27 heavy (non-hydrogen) atoms. The molecule has 2 bridgehead atoms. The SMILES string of the molecule is CC12COC(CCCCc3cccc4c3OC3(CCCCC3)O4)(OC1)OC2. The van der Waals surface area contributed by atoms with E-state index in [-0.39, 0.29) is 5.41 Å². The van der Waals surface area contributed by atoms with Crippen LogP contribution in [0.5, 0.6) is 11.5 Å². The van der Waals surface area contributed by atoms with Gasteiger partial charge in [0, 0.05) is 24.7 Å². The second-order valence-electron chi connectivity index (χ2n) is 8.99. The number of fused-ring (bicyclic) bond motifs is 4. The van der Waals surface area contributed by atoms with Crippen LogP contribution in [-0.4, -0.2) is 31.6 Å². The standard InChI is InChI=1S/C22H30O5/c1-20-14-23-22(24-15-20,25-16-20)13-6-3-8-17-9-7-10-18-19(17)27-21(26-18)11-4-2-5-12-21/h7,9-10H,2-6,8,11-16H2,1H3. The van der Waals surface area contributed by atoms with E-state index in [9.17, 15) is 0 Å². The summed E-state index contributed by atoms with van der Waals surface area (Å²) in [5.41, 5.74) is 1.27. The molecule has 1 aromatic rings. The molecule has 1 aliphatic carbocycles. The second kappa shape index (κ2) is 6.64. The molecule has 4 fully saturated rings. The van der Waals surface area contributed by atoms with Crippen molar-refractivity contribution in [2.45, 2.75) is 76.5 Å². The molecule has 6 rings (SSSR count). The van der Waals surface area contributed by atoms with Crippen molar-refractivity contribution in [1.82, 2.24) is 0 Å². The minimum atomic E-state index is -0.803. The second-order valence-corrected chi connectivity index (χ2v) is 8.99. The van der Waals surface area contributed by atoms with Gasteiger partial charge < -0.3 is 23.7 Å². The molecule has 1 saturated carbocycles. The van der Waals surface area contributed by atoms with E-state index in [4.69, 9.17) is 23.7 Å². The highest BCUT2D eigenvalue weighted by Gasteiger charge is 2.50. The monoisotopic (exact) mass is 374 g/mol.